The number of ether oxygens (including phenoxy) is 1. The van der Waals surface area contributed by atoms with Gasteiger partial charge in [-0.1, -0.05) is 12.1 Å². The van der Waals surface area contributed by atoms with E-state index in [2.05, 4.69) is 0 Å². The third-order valence-corrected chi connectivity index (χ3v) is 4.19. The van der Waals surface area contributed by atoms with E-state index in [1.165, 1.54) is 12.0 Å². The number of methoxy groups -OCH3 is 1. The van der Waals surface area contributed by atoms with Crippen LogP contribution >= 0.6 is 0 Å². The number of amides is 1. The van der Waals surface area contributed by atoms with Crippen molar-refractivity contribution in [2.75, 3.05) is 13.7 Å². The lowest BCUT2D eigenvalue weighted by Crippen LogP contribution is -2.32. The van der Waals surface area contributed by atoms with Crippen molar-refractivity contribution in [1.29, 1.82) is 0 Å². The Hall–Kier alpha value is -2.47. The lowest BCUT2D eigenvalue weighted by molar-refractivity contribution is 0.0710. The van der Waals surface area contributed by atoms with Crippen molar-refractivity contribution in [2.45, 2.75) is 18.6 Å². The molecule has 0 aromatic heterocycles. The maximum atomic E-state index is 14.1. The van der Waals surface area contributed by atoms with Crippen LogP contribution in [0, 0.1) is 11.6 Å². The highest BCUT2D eigenvalue weighted by molar-refractivity contribution is 5.97. The van der Waals surface area contributed by atoms with Crippen LogP contribution in [-0.4, -0.2) is 35.7 Å². The molecule has 0 radical (unpaired) electrons. The zero-order valence-corrected chi connectivity index (χ0v) is 13.1. The molecule has 1 aliphatic rings. The largest absolute Gasteiger partial charge is 0.496 e. The van der Waals surface area contributed by atoms with E-state index in [9.17, 15) is 18.7 Å². The van der Waals surface area contributed by atoms with Gasteiger partial charge in [0.1, 0.15) is 17.4 Å². The summed E-state index contributed by atoms with van der Waals surface area (Å²) in [5.41, 5.74) is 0.380. The van der Waals surface area contributed by atoms with Gasteiger partial charge in [-0.15, -0.1) is 0 Å². The van der Waals surface area contributed by atoms with E-state index < -0.39 is 29.7 Å². The first-order chi connectivity index (χ1) is 11.5. The van der Waals surface area contributed by atoms with Gasteiger partial charge in [-0.25, -0.2) is 8.78 Å². The summed E-state index contributed by atoms with van der Waals surface area (Å²) in [4.78, 5) is 14.2. The topological polar surface area (TPSA) is 49.8 Å². The number of benzene rings is 2. The SMILES string of the molecule is COc1ccccc1C(=O)N1C[C@@H](O)C[C@@H]1c1cc(F)ccc1F. The second-order valence-electron chi connectivity index (χ2n) is 5.73. The van der Waals surface area contributed by atoms with Crippen LogP contribution in [0.3, 0.4) is 0 Å². The smallest absolute Gasteiger partial charge is 0.258 e. The van der Waals surface area contributed by atoms with E-state index in [1.807, 2.05) is 0 Å². The molecule has 0 saturated carbocycles. The van der Waals surface area contributed by atoms with Crippen molar-refractivity contribution in [1.82, 2.24) is 4.90 Å². The molecule has 0 bridgehead atoms. The summed E-state index contributed by atoms with van der Waals surface area (Å²) in [6.45, 7) is 0.0531. The van der Waals surface area contributed by atoms with E-state index in [-0.39, 0.29) is 18.5 Å². The fraction of sp³-hybridized carbons (Fsp3) is 0.278. The summed E-state index contributed by atoms with van der Waals surface area (Å²) in [5.74, 6) is -1.19. The van der Waals surface area contributed by atoms with Gasteiger partial charge in [-0.2, -0.15) is 0 Å². The molecule has 3 rings (SSSR count). The molecule has 6 heteroatoms. The third-order valence-electron chi connectivity index (χ3n) is 4.19. The predicted molar refractivity (Wildman–Crippen MR) is 83.8 cm³/mol. The summed E-state index contributed by atoms with van der Waals surface area (Å²) < 4.78 is 32.8. The molecule has 1 amide bonds. The summed E-state index contributed by atoms with van der Waals surface area (Å²) in [6, 6.07) is 9.08. The minimum Gasteiger partial charge on any atom is -0.496 e. The minimum absolute atomic E-state index is 0.0531. The average molecular weight is 333 g/mol. The molecule has 2 aromatic carbocycles. The number of likely N-dealkylation sites (tertiary alicyclic amines) is 1. The Morgan fingerprint density at radius 2 is 2.00 bits per heavy atom. The van der Waals surface area contributed by atoms with Gasteiger partial charge in [0, 0.05) is 12.1 Å². The number of para-hydroxylation sites is 1. The number of rotatable bonds is 3. The third kappa shape index (κ3) is 2.97. The second-order valence-corrected chi connectivity index (χ2v) is 5.73. The quantitative estimate of drug-likeness (QED) is 0.940. The molecule has 2 aromatic rings. The monoisotopic (exact) mass is 333 g/mol. The summed E-state index contributed by atoms with van der Waals surface area (Å²) in [5, 5.41) is 9.97. The van der Waals surface area contributed by atoms with Crippen LogP contribution in [-0.2, 0) is 0 Å². The van der Waals surface area contributed by atoms with Crippen molar-refractivity contribution in [3.63, 3.8) is 0 Å². The molecular weight excluding hydrogens is 316 g/mol. The molecule has 4 nitrogen and oxygen atoms in total. The molecule has 2 atom stereocenters. The number of aliphatic hydroxyl groups excluding tert-OH is 1. The number of carbonyl (C=O) groups is 1. The minimum atomic E-state index is -0.795. The van der Waals surface area contributed by atoms with Gasteiger partial charge >= 0.3 is 0 Å². The zero-order chi connectivity index (χ0) is 17.3. The predicted octanol–water partition coefficient (Wildman–Crippen LogP) is 2.92. The van der Waals surface area contributed by atoms with Crippen LogP contribution in [0.1, 0.15) is 28.4 Å². The highest BCUT2D eigenvalue weighted by Gasteiger charge is 2.38. The van der Waals surface area contributed by atoms with Crippen LogP contribution < -0.4 is 4.74 Å². The van der Waals surface area contributed by atoms with Gasteiger partial charge in [0.2, 0.25) is 0 Å². The highest BCUT2D eigenvalue weighted by atomic mass is 19.1. The van der Waals surface area contributed by atoms with E-state index in [1.54, 1.807) is 24.3 Å². The maximum Gasteiger partial charge on any atom is 0.258 e. The van der Waals surface area contributed by atoms with Crippen LogP contribution in [0.4, 0.5) is 8.78 Å². The molecule has 126 valence electrons. The summed E-state index contributed by atoms with van der Waals surface area (Å²) >= 11 is 0. The van der Waals surface area contributed by atoms with E-state index in [4.69, 9.17) is 4.74 Å². The van der Waals surface area contributed by atoms with Crippen LogP contribution in [0.25, 0.3) is 0 Å². The molecule has 0 unspecified atom stereocenters. The second kappa shape index (κ2) is 6.57. The molecule has 1 saturated heterocycles. The normalized spacial score (nSPS) is 20.2. The number of nitrogens with zero attached hydrogens (tertiary/aromatic N) is 1. The molecule has 24 heavy (non-hydrogen) atoms. The van der Waals surface area contributed by atoms with Gasteiger partial charge in [-0.3, -0.25) is 4.79 Å². The Morgan fingerprint density at radius 3 is 2.75 bits per heavy atom. The Balaban J connectivity index is 1.99. The van der Waals surface area contributed by atoms with Crippen LogP contribution in [0.5, 0.6) is 5.75 Å². The Kier molecular flexibility index (Phi) is 4.49. The lowest BCUT2D eigenvalue weighted by atomic mass is 10.0. The number of aliphatic hydroxyl groups is 1. The number of hydrogen-bond donors (Lipinski definition) is 1. The van der Waals surface area contributed by atoms with Gasteiger partial charge in [-0.05, 0) is 36.8 Å². The maximum absolute atomic E-state index is 14.1. The first kappa shape index (κ1) is 16.4. The van der Waals surface area contributed by atoms with Crippen molar-refractivity contribution in [3.8, 4) is 5.75 Å². The molecule has 1 heterocycles. The average Bonchev–Trinajstić information content (AvgIpc) is 2.98. The summed E-state index contributed by atoms with van der Waals surface area (Å²) in [6.07, 6.45) is -0.641. The Bertz CT molecular complexity index is 766. The van der Waals surface area contributed by atoms with Gasteiger partial charge in [0.25, 0.3) is 5.91 Å². The molecule has 1 N–H and O–H groups in total. The standard InChI is InChI=1S/C18H17F2NO3/c1-24-17-5-3-2-4-13(17)18(23)21-10-12(22)9-16(21)14-8-11(19)6-7-15(14)20/h2-8,12,16,22H,9-10H2,1H3/t12-,16+/m0/s1. The van der Waals surface area contributed by atoms with Gasteiger partial charge in [0.15, 0.2) is 0 Å². The van der Waals surface area contributed by atoms with Crippen molar-refractivity contribution in [2.24, 2.45) is 0 Å². The molecule has 0 spiro atoms. The van der Waals surface area contributed by atoms with E-state index in [0.29, 0.717) is 11.3 Å². The number of hydrogen-bond acceptors (Lipinski definition) is 3. The lowest BCUT2D eigenvalue weighted by Gasteiger charge is -2.25. The van der Waals surface area contributed by atoms with Crippen molar-refractivity contribution in [3.05, 3.63) is 65.2 Å². The van der Waals surface area contributed by atoms with Crippen molar-refractivity contribution < 1.29 is 23.4 Å². The Labute approximate surface area is 138 Å². The van der Waals surface area contributed by atoms with E-state index >= 15 is 0 Å². The fourth-order valence-electron chi connectivity index (χ4n) is 3.08. The first-order valence-electron chi connectivity index (χ1n) is 7.58. The molecule has 0 aliphatic carbocycles. The van der Waals surface area contributed by atoms with E-state index in [0.717, 1.165) is 18.2 Å². The number of β-amino-alcohol motifs (C(OH)–C–C–N with tert-alkyl or cyclic N) is 1. The number of carbonyl (C=O) groups excluding carboxylic acids is 1. The highest BCUT2D eigenvalue weighted by Crippen LogP contribution is 2.36. The molecular formula is C18H17F2NO3. The summed E-state index contributed by atoms with van der Waals surface area (Å²) in [7, 11) is 1.45. The fourth-order valence-corrected chi connectivity index (χ4v) is 3.08. The van der Waals surface area contributed by atoms with Crippen LogP contribution in [0.2, 0.25) is 0 Å². The Morgan fingerprint density at radius 1 is 1.25 bits per heavy atom. The molecule has 1 aliphatic heterocycles. The van der Waals surface area contributed by atoms with Gasteiger partial charge in [0.05, 0.1) is 24.8 Å². The first-order valence-corrected chi connectivity index (χ1v) is 7.58. The van der Waals surface area contributed by atoms with Crippen LogP contribution in [0.15, 0.2) is 42.5 Å². The van der Waals surface area contributed by atoms with Gasteiger partial charge < -0.3 is 14.7 Å². The molecule has 1 fully saturated rings. The number of halogens is 2. The van der Waals surface area contributed by atoms with Crippen molar-refractivity contribution >= 4 is 5.91 Å². The zero-order valence-electron chi connectivity index (χ0n) is 13.1.